The molecule has 0 aliphatic heterocycles. The molecule has 0 radical (unpaired) electrons. The Balaban J connectivity index is 1.51. The van der Waals surface area contributed by atoms with Gasteiger partial charge in [-0.05, 0) is 54.9 Å². The van der Waals surface area contributed by atoms with Gasteiger partial charge in [-0.1, -0.05) is 56.3 Å². The van der Waals surface area contributed by atoms with Crippen molar-refractivity contribution in [2.45, 2.75) is 58.3 Å². The molecule has 2 aromatic carbocycles. The second-order valence-corrected chi connectivity index (χ2v) is 7.93. The highest BCUT2D eigenvalue weighted by Gasteiger charge is 2.09. The number of carbonyl (C=O) groups is 3. The first kappa shape index (κ1) is 25.9. The molecule has 1 atom stereocenters. The molecule has 0 saturated heterocycles. The van der Waals surface area contributed by atoms with Crippen molar-refractivity contribution < 1.29 is 23.9 Å². The molecule has 0 aromatic heterocycles. The van der Waals surface area contributed by atoms with Gasteiger partial charge in [-0.25, -0.2) is 0 Å². The van der Waals surface area contributed by atoms with Gasteiger partial charge in [-0.2, -0.15) is 0 Å². The van der Waals surface area contributed by atoms with E-state index >= 15 is 0 Å². The Bertz CT molecular complexity index is 868. The van der Waals surface area contributed by atoms with Gasteiger partial charge < -0.3 is 9.47 Å². The lowest BCUT2D eigenvalue weighted by atomic mass is 9.99. The van der Waals surface area contributed by atoms with E-state index < -0.39 is 5.91 Å². The van der Waals surface area contributed by atoms with Crippen molar-refractivity contribution in [2.24, 2.45) is 0 Å². The van der Waals surface area contributed by atoms with Gasteiger partial charge in [0.05, 0.1) is 6.61 Å². The van der Waals surface area contributed by atoms with Crippen LogP contribution in [0, 0.1) is 0 Å². The number of esters is 1. The lowest BCUT2D eigenvalue weighted by Gasteiger charge is -2.11. The number of aryl methyl sites for hydroxylation is 1. The van der Waals surface area contributed by atoms with E-state index in [-0.39, 0.29) is 31.3 Å². The Kier molecular flexibility index (Phi) is 11.5. The second kappa shape index (κ2) is 14.7. The first-order valence-electron chi connectivity index (χ1n) is 11.5. The van der Waals surface area contributed by atoms with Crippen LogP contribution in [0.4, 0.5) is 0 Å². The number of hydrogen-bond donors (Lipinski definition) is 2. The van der Waals surface area contributed by atoms with E-state index in [4.69, 9.17) is 9.47 Å². The molecule has 1 unspecified atom stereocenters. The maximum atomic E-state index is 11.8. The van der Waals surface area contributed by atoms with E-state index in [0.29, 0.717) is 24.7 Å². The van der Waals surface area contributed by atoms with Gasteiger partial charge in [-0.15, -0.1) is 0 Å². The highest BCUT2D eigenvalue weighted by atomic mass is 16.5. The lowest BCUT2D eigenvalue weighted by molar-refractivity contribution is -0.144. The van der Waals surface area contributed by atoms with Gasteiger partial charge in [0.2, 0.25) is 5.91 Å². The summed E-state index contributed by atoms with van der Waals surface area (Å²) in [5, 5.41) is 0. The molecule has 7 nitrogen and oxygen atoms in total. The van der Waals surface area contributed by atoms with Gasteiger partial charge >= 0.3 is 5.97 Å². The highest BCUT2D eigenvalue weighted by molar-refractivity contribution is 5.83. The standard InChI is InChI=1S/C26H34N2O5/c1-3-20(2)22-14-16-23(17-15-22)33-19-25(30)28-27-24(29)12-7-13-26(31)32-18-8-11-21-9-5-4-6-10-21/h4-6,9-10,14-17,20H,3,7-8,11-13,18-19H2,1-2H3,(H,27,29)(H,28,30). The average Bonchev–Trinajstić information content (AvgIpc) is 2.84. The highest BCUT2D eigenvalue weighted by Crippen LogP contribution is 2.21. The van der Waals surface area contributed by atoms with Crippen molar-refractivity contribution in [1.82, 2.24) is 10.9 Å². The first-order valence-corrected chi connectivity index (χ1v) is 11.5. The zero-order valence-electron chi connectivity index (χ0n) is 19.5. The molecule has 2 N–H and O–H groups in total. The molecule has 0 saturated carbocycles. The molecule has 2 aromatic rings. The fourth-order valence-corrected chi connectivity index (χ4v) is 3.09. The number of amides is 2. The van der Waals surface area contributed by atoms with E-state index in [9.17, 15) is 14.4 Å². The number of benzene rings is 2. The zero-order valence-corrected chi connectivity index (χ0v) is 19.5. The van der Waals surface area contributed by atoms with Crippen LogP contribution in [0.3, 0.4) is 0 Å². The first-order chi connectivity index (χ1) is 16.0. The fourth-order valence-electron chi connectivity index (χ4n) is 3.09. The molecule has 0 spiro atoms. The van der Waals surface area contributed by atoms with E-state index in [2.05, 4.69) is 24.7 Å². The third kappa shape index (κ3) is 10.7. The Labute approximate surface area is 195 Å². The summed E-state index contributed by atoms with van der Waals surface area (Å²) in [7, 11) is 0. The van der Waals surface area contributed by atoms with Crippen LogP contribution in [0.25, 0.3) is 0 Å². The quantitative estimate of drug-likeness (QED) is 0.270. The maximum Gasteiger partial charge on any atom is 0.305 e. The van der Waals surface area contributed by atoms with Crippen LogP contribution < -0.4 is 15.6 Å². The molecule has 0 heterocycles. The summed E-state index contributed by atoms with van der Waals surface area (Å²) in [5.41, 5.74) is 7.06. The van der Waals surface area contributed by atoms with Crippen molar-refractivity contribution >= 4 is 17.8 Å². The van der Waals surface area contributed by atoms with Crippen LogP contribution in [-0.4, -0.2) is 31.0 Å². The number of hydrogen-bond acceptors (Lipinski definition) is 5. The van der Waals surface area contributed by atoms with Gasteiger partial charge in [0.25, 0.3) is 5.91 Å². The van der Waals surface area contributed by atoms with Gasteiger partial charge in [-0.3, -0.25) is 25.2 Å². The molecule has 7 heteroatoms. The average molecular weight is 455 g/mol. The summed E-state index contributed by atoms with van der Waals surface area (Å²) in [5.74, 6) is -0.108. The minimum Gasteiger partial charge on any atom is -0.484 e. The van der Waals surface area contributed by atoms with Crippen molar-refractivity contribution in [3.05, 3.63) is 65.7 Å². The molecular formula is C26H34N2O5. The number of carbonyl (C=O) groups excluding carboxylic acids is 3. The summed E-state index contributed by atoms with van der Waals surface area (Å²) in [4.78, 5) is 35.4. The summed E-state index contributed by atoms with van der Waals surface area (Å²) in [6, 6.07) is 17.6. The van der Waals surface area contributed by atoms with E-state index in [1.54, 1.807) is 0 Å². The fraction of sp³-hybridized carbons (Fsp3) is 0.423. The van der Waals surface area contributed by atoms with Crippen molar-refractivity contribution in [2.75, 3.05) is 13.2 Å². The van der Waals surface area contributed by atoms with E-state index in [1.165, 1.54) is 11.1 Å². The second-order valence-electron chi connectivity index (χ2n) is 7.93. The van der Waals surface area contributed by atoms with Gasteiger partial charge in [0.15, 0.2) is 6.61 Å². The summed E-state index contributed by atoms with van der Waals surface area (Å²) in [6.45, 7) is 4.43. The summed E-state index contributed by atoms with van der Waals surface area (Å²) < 4.78 is 10.6. The topological polar surface area (TPSA) is 93.7 Å². The Hall–Kier alpha value is -3.35. The van der Waals surface area contributed by atoms with Crippen LogP contribution >= 0.6 is 0 Å². The molecule has 33 heavy (non-hydrogen) atoms. The van der Waals surface area contributed by atoms with Gasteiger partial charge in [0.1, 0.15) is 5.75 Å². The third-order valence-corrected chi connectivity index (χ3v) is 5.27. The molecular weight excluding hydrogens is 420 g/mol. The predicted molar refractivity (Wildman–Crippen MR) is 127 cm³/mol. The molecule has 0 aliphatic rings. The SMILES string of the molecule is CCC(C)c1ccc(OCC(=O)NNC(=O)CCCC(=O)OCCCc2ccccc2)cc1. The van der Waals surface area contributed by atoms with E-state index in [1.807, 2.05) is 54.6 Å². The number of ether oxygens (including phenoxy) is 2. The molecule has 2 rings (SSSR count). The summed E-state index contributed by atoms with van der Waals surface area (Å²) >= 11 is 0. The van der Waals surface area contributed by atoms with E-state index in [0.717, 1.165) is 19.3 Å². The lowest BCUT2D eigenvalue weighted by Crippen LogP contribution is -2.43. The monoisotopic (exact) mass is 454 g/mol. The van der Waals surface area contributed by atoms with Crippen molar-refractivity contribution in [3.8, 4) is 5.75 Å². The van der Waals surface area contributed by atoms with Crippen LogP contribution in [-0.2, 0) is 25.5 Å². The smallest absolute Gasteiger partial charge is 0.305 e. The Morgan fingerprint density at radius 2 is 1.58 bits per heavy atom. The minimum atomic E-state index is -0.466. The van der Waals surface area contributed by atoms with Gasteiger partial charge in [0, 0.05) is 12.8 Å². The molecule has 2 amide bonds. The Morgan fingerprint density at radius 3 is 2.27 bits per heavy atom. The van der Waals surface area contributed by atoms with Crippen LogP contribution in [0.2, 0.25) is 0 Å². The molecule has 0 bridgehead atoms. The zero-order chi connectivity index (χ0) is 23.9. The van der Waals surface area contributed by atoms with Crippen molar-refractivity contribution in [3.63, 3.8) is 0 Å². The van der Waals surface area contributed by atoms with Crippen molar-refractivity contribution in [1.29, 1.82) is 0 Å². The largest absolute Gasteiger partial charge is 0.484 e. The summed E-state index contributed by atoms with van der Waals surface area (Å²) in [6.07, 6.45) is 3.27. The minimum absolute atomic E-state index is 0.108. The molecule has 0 fully saturated rings. The number of hydrazine groups is 1. The molecule has 0 aliphatic carbocycles. The number of nitrogens with one attached hydrogen (secondary N) is 2. The Morgan fingerprint density at radius 1 is 0.879 bits per heavy atom. The predicted octanol–water partition coefficient (Wildman–Crippen LogP) is 4.07. The van der Waals surface area contributed by atoms with Crippen LogP contribution in [0.15, 0.2) is 54.6 Å². The van der Waals surface area contributed by atoms with Crippen LogP contribution in [0.1, 0.15) is 63.0 Å². The maximum absolute atomic E-state index is 11.8. The van der Waals surface area contributed by atoms with Crippen LogP contribution in [0.5, 0.6) is 5.75 Å². The third-order valence-electron chi connectivity index (χ3n) is 5.27. The normalized spacial score (nSPS) is 11.3. The number of rotatable bonds is 13. The molecule has 178 valence electrons.